The highest BCUT2D eigenvalue weighted by Crippen LogP contribution is 2.33. The molecule has 1 aromatic carbocycles. The highest BCUT2D eigenvalue weighted by molar-refractivity contribution is 5.84. The van der Waals surface area contributed by atoms with Crippen LogP contribution in [0.1, 0.15) is 61.2 Å². The molecule has 0 spiro atoms. The molecule has 0 fully saturated rings. The van der Waals surface area contributed by atoms with Crippen LogP contribution in [0.2, 0.25) is 0 Å². The molecular weight excluding hydrogens is 448 g/mol. The van der Waals surface area contributed by atoms with Gasteiger partial charge in [-0.25, -0.2) is 4.52 Å². The van der Waals surface area contributed by atoms with Crippen LogP contribution in [0.5, 0.6) is 0 Å². The SMILES string of the molecule is CCOC(=O)CCCCc1c(CNCc2ccccc2)nn2c(CC)ccc2c1-c1cncc(C)c1. The molecule has 3 heterocycles. The smallest absolute Gasteiger partial charge is 0.305 e. The zero-order valence-electron chi connectivity index (χ0n) is 21.6. The second kappa shape index (κ2) is 12.5. The first-order chi connectivity index (χ1) is 17.6. The fourth-order valence-electron chi connectivity index (χ4n) is 4.68. The number of ether oxygens (including phenoxy) is 1. The second-order valence-corrected chi connectivity index (χ2v) is 9.13. The third kappa shape index (κ3) is 6.18. The first-order valence-electron chi connectivity index (χ1n) is 12.9. The quantitative estimate of drug-likeness (QED) is 0.202. The molecule has 0 saturated carbocycles. The molecule has 6 nitrogen and oxygen atoms in total. The van der Waals surface area contributed by atoms with Crippen LogP contribution in [0.3, 0.4) is 0 Å². The van der Waals surface area contributed by atoms with E-state index in [2.05, 4.69) is 71.1 Å². The van der Waals surface area contributed by atoms with Gasteiger partial charge in [0.05, 0.1) is 17.8 Å². The van der Waals surface area contributed by atoms with Crippen LogP contribution in [-0.2, 0) is 35.5 Å². The number of fused-ring (bicyclic) bond motifs is 1. The molecule has 1 N–H and O–H groups in total. The molecule has 0 unspecified atom stereocenters. The van der Waals surface area contributed by atoms with Crippen molar-refractivity contribution in [3.8, 4) is 11.1 Å². The van der Waals surface area contributed by atoms with Crippen LogP contribution in [0.25, 0.3) is 16.6 Å². The number of rotatable bonds is 12. The van der Waals surface area contributed by atoms with Crippen molar-refractivity contribution in [3.05, 3.63) is 89.0 Å². The van der Waals surface area contributed by atoms with E-state index in [1.165, 1.54) is 22.4 Å². The maximum atomic E-state index is 11.9. The van der Waals surface area contributed by atoms with Crippen molar-refractivity contribution in [2.45, 2.75) is 66.0 Å². The average Bonchev–Trinajstić information content (AvgIpc) is 3.29. The van der Waals surface area contributed by atoms with Crippen LogP contribution in [-0.4, -0.2) is 27.2 Å². The summed E-state index contributed by atoms with van der Waals surface area (Å²) >= 11 is 0. The van der Waals surface area contributed by atoms with Crippen LogP contribution < -0.4 is 5.32 Å². The lowest BCUT2D eigenvalue weighted by Crippen LogP contribution is -2.18. The van der Waals surface area contributed by atoms with Crippen molar-refractivity contribution in [2.75, 3.05) is 6.61 Å². The van der Waals surface area contributed by atoms with Crippen molar-refractivity contribution in [1.82, 2.24) is 19.9 Å². The number of benzene rings is 1. The van der Waals surface area contributed by atoms with E-state index in [1.807, 2.05) is 25.4 Å². The van der Waals surface area contributed by atoms with Crippen molar-refractivity contribution in [1.29, 1.82) is 0 Å². The van der Waals surface area contributed by atoms with Gasteiger partial charge in [0.15, 0.2) is 0 Å². The summed E-state index contributed by atoms with van der Waals surface area (Å²) in [5.74, 6) is -0.127. The van der Waals surface area contributed by atoms with Crippen molar-refractivity contribution < 1.29 is 9.53 Å². The number of pyridine rings is 1. The Morgan fingerprint density at radius 3 is 2.61 bits per heavy atom. The molecular formula is C30H36N4O2. The summed E-state index contributed by atoms with van der Waals surface area (Å²) in [6, 6.07) is 17.0. The first kappa shape index (κ1) is 25.6. The van der Waals surface area contributed by atoms with Gasteiger partial charge in [-0.05, 0) is 74.4 Å². The van der Waals surface area contributed by atoms with Gasteiger partial charge in [-0.3, -0.25) is 9.78 Å². The van der Waals surface area contributed by atoms with E-state index >= 15 is 0 Å². The standard InChI is InChI=1S/C30H36N4O2/c1-4-25-15-16-28-30(24-17-22(3)18-31-20-24)26(13-9-10-14-29(35)36-5-2)27(33-34(25)28)21-32-19-23-11-7-6-8-12-23/h6-8,11-12,15-18,20,32H,4-5,9-10,13-14,19,21H2,1-3H3. The molecule has 0 atom stereocenters. The van der Waals surface area contributed by atoms with E-state index in [9.17, 15) is 4.79 Å². The van der Waals surface area contributed by atoms with Gasteiger partial charge in [0.2, 0.25) is 0 Å². The molecule has 0 aliphatic carbocycles. The van der Waals surface area contributed by atoms with E-state index in [1.54, 1.807) is 0 Å². The van der Waals surface area contributed by atoms with Crippen LogP contribution in [0.4, 0.5) is 0 Å². The van der Waals surface area contributed by atoms with Gasteiger partial charge in [-0.2, -0.15) is 5.10 Å². The Kier molecular flexibility index (Phi) is 8.85. The summed E-state index contributed by atoms with van der Waals surface area (Å²) in [5, 5.41) is 8.73. The number of nitrogens with one attached hydrogen (secondary N) is 1. The molecule has 0 aliphatic rings. The molecule has 0 saturated heterocycles. The topological polar surface area (TPSA) is 68.5 Å². The number of nitrogens with zero attached hydrogens (tertiary/aromatic N) is 3. The second-order valence-electron chi connectivity index (χ2n) is 9.13. The Bertz CT molecular complexity index is 1300. The summed E-state index contributed by atoms with van der Waals surface area (Å²) < 4.78 is 7.22. The third-order valence-corrected chi connectivity index (χ3v) is 6.41. The normalized spacial score (nSPS) is 11.2. The van der Waals surface area contributed by atoms with Crippen molar-refractivity contribution in [2.24, 2.45) is 0 Å². The van der Waals surface area contributed by atoms with Gasteiger partial charge >= 0.3 is 5.97 Å². The number of carbonyl (C=O) groups excluding carboxylic acids is 1. The highest BCUT2D eigenvalue weighted by Gasteiger charge is 2.19. The summed E-state index contributed by atoms with van der Waals surface area (Å²) in [6.07, 6.45) is 7.69. The lowest BCUT2D eigenvalue weighted by atomic mass is 9.94. The summed E-state index contributed by atoms with van der Waals surface area (Å²) in [5.41, 5.74) is 9.21. The fraction of sp³-hybridized carbons (Fsp3) is 0.367. The molecule has 0 radical (unpaired) electrons. The predicted octanol–water partition coefficient (Wildman–Crippen LogP) is 5.83. The van der Waals surface area contributed by atoms with E-state index in [0.29, 0.717) is 19.6 Å². The highest BCUT2D eigenvalue weighted by atomic mass is 16.5. The van der Waals surface area contributed by atoms with Gasteiger partial charge in [-0.15, -0.1) is 0 Å². The first-order valence-corrected chi connectivity index (χ1v) is 12.9. The minimum Gasteiger partial charge on any atom is -0.466 e. The molecule has 3 aromatic heterocycles. The van der Waals surface area contributed by atoms with Gasteiger partial charge in [-0.1, -0.05) is 37.3 Å². The van der Waals surface area contributed by atoms with Crippen molar-refractivity contribution in [3.63, 3.8) is 0 Å². The molecule has 0 amide bonds. The molecule has 188 valence electrons. The van der Waals surface area contributed by atoms with E-state index < -0.39 is 0 Å². The maximum Gasteiger partial charge on any atom is 0.305 e. The van der Waals surface area contributed by atoms with E-state index in [0.717, 1.165) is 54.6 Å². The minimum atomic E-state index is -0.127. The number of aryl methyl sites for hydroxylation is 2. The Labute approximate surface area is 213 Å². The lowest BCUT2D eigenvalue weighted by Gasteiger charge is -2.18. The lowest BCUT2D eigenvalue weighted by molar-refractivity contribution is -0.143. The molecule has 6 heteroatoms. The molecule has 0 bridgehead atoms. The Morgan fingerprint density at radius 2 is 1.86 bits per heavy atom. The molecule has 0 aliphatic heterocycles. The number of aromatic nitrogens is 3. The average molecular weight is 485 g/mol. The minimum absolute atomic E-state index is 0.127. The number of hydrogen-bond donors (Lipinski definition) is 1. The predicted molar refractivity (Wildman–Crippen MR) is 144 cm³/mol. The van der Waals surface area contributed by atoms with Crippen LogP contribution in [0.15, 0.2) is 60.9 Å². The zero-order valence-corrected chi connectivity index (χ0v) is 21.6. The number of esters is 1. The van der Waals surface area contributed by atoms with Crippen molar-refractivity contribution >= 4 is 11.5 Å². The molecule has 4 rings (SSSR count). The van der Waals surface area contributed by atoms with E-state index in [4.69, 9.17) is 9.84 Å². The number of unbranched alkanes of at least 4 members (excludes halogenated alkanes) is 1. The van der Waals surface area contributed by atoms with Crippen LogP contribution >= 0.6 is 0 Å². The number of hydrogen-bond acceptors (Lipinski definition) is 5. The Morgan fingerprint density at radius 1 is 1.03 bits per heavy atom. The van der Waals surface area contributed by atoms with Gasteiger partial charge < -0.3 is 10.1 Å². The zero-order chi connectivity index (χ0) is 25.3. The van der Waals surface area contributed by atoms with Gasteiger partial charge in [0, 0.05) is 48.7 Å². The molecule has 4 aromatic rings. The van der Waals surface area contributed by atoms with Crippen LogP contribution in [0, 0.1) is 6.92 Å². The van der Waals surface area contributed by atoms with Gasteiger partial charge in [0.1, 0.15) is 0 Å². The van der Waals surface area contributed by atoms with Gasteiger partial charge in [0.25, 0.3) is 0 Å². The Balaban J connectivity index is 1.71. The fourth-order valence-corrected chi connectivity index (χ4v) is 4.68. The summed E-state index contributed by atoms with van der Waals surface area (Å²) in [4.78, 5) is 16.4. The third-order valence-electron chi connectivity index (χ3n) is 6.41. The molecule has 36 heavy (non-hydrogen) atoms. The Hall–Kier alpha value is -3.51. The number of carbonyl (C=O) groups is 1. The summed E-state index contributed by atoms with van der Waals surface area (Å²) in [6.45, 7) is 7.94. The monoisotopic (exact) mass is 484 g/mol. The summed E-state index contributed by atoms with van der Waals surface area (Å²) in [7, 11) is 0. The van der Waals surface area contributed by atoms with E-state index in [-0.39, 0.29) is 5.97 Å². The maximum absolute atomic E-state index is 11.9. The largest absolute Gasteiger partial charge is 0.466 e.